The van der Waals surface area contributed by atoms with Crippen LogP contribution in [-0.2, 0) is 4.74 Å². The number of benzene rings is 2. The van der Waals surface area contributed by atoms with Gasteiger partial charge in [-0.15, -0.1) is 0 Å². The normalized spacial score (nSPS) is 14.4. The van der Waals surface area contributed by atoms with Crippen molar-refractivity contribution in [1.82, 2.24) is 4.90 Å². The van der Waals surface area contributed by atoms with Crippen LogP contribution in [0, 0.1) is 0 Å². The van der Waals surface area contributed by atoms with E-state index in [0.29, 0.717) is 48.5 Å². The molecule has 0 aromatic heterocycles. The lowest BCUT2D eigenvalue weighted by molar-refractivity contribution is 0.0564. The van der Waals surface area contributed by atoms with Crippen molar-refractivity contribution in [2.45, 2.75) is 0 Å². The summed E-state index contributed by atoms with van der Waals surface area (Å²) in [4.78, 5) is 14.0. The quantitative estimate of drug-likeness (QED) is 0.924. The first-order chi connectivity index (χ1) is 11.2. The van der Waals surface area contributed by atoms with Gasteiger partial charge < -0.3 is 19.7 Å². The third-order valence-electron chi connectivity index (χ3n) is 3.48. The van der Waals surface area contributed by atoms with Gasteiger partial charge in [0.2, 0.25) is 0 Å². The van der Waals surface area contributed by atoms with Gasteiger partial charge in [-0.1, -0.05) is 35.9 Å². The van der Waals surface area contributed by atoms with Gasteiger partial charge >= 0.3 is 6.03 Å². The van der Waals surface area contributed by atoms with E-state index in [1.807, 2.05) is 24.3 Å². The second kappa shape index (κ2) is 7.35. The molecular weight excluding hydrogens is 316 g/mol. The molecule has 0 aliphatic carbocycles. The molecule has 2 aromatic carbocycles. The predicted octanol–water partition coefficient (Wildman–Crippen LogP) is 4.00. The minimum Gasteiger partial charge on any atom is -0.454 e. The number of halogens is 1. The average molecular weight is 333 g/mol. The van der Waals surface area contributed by atoms with E-state index >= 15 is 0 Å². The van der Waals surface area contributed by atoms with Crippen LogP contribution >= 0.6 is 11.6 Å². The molecule has 0 radical (unpaired) electrons. The number of carbonyl (C=O) groups is 1. The maximum atomic E-state index is 12.3. The highest BCUT2D eigenvalue weighted by molar-refractivity contribution is 6.32. The number of carbonyl (C=O) groups excluding carboxylic acids is 1. The Morgan fingerprint density at radius 1 is 1.04 bits per heavy atom. The van der Waals surface area contributed by atoms with Crippen LogP contribution in [0.1, 0.15) is 0 Å². The highest BCUT2D eigenvalue weighted by atomic mass is 35.5. The van der Waals surface area contributed by atoms with Gasteiger partial charge in [-0.2, -0.15) is 0 Å². The summed E-state index contributed by atoms with van der Waals surface area (Å²) in [5.74, 6) is 1.09. The van der Waals surface area contributed by atoms with E-state index in [-0.39, 0.29) is 6.03 Å². The molecule has 0 bridgehead atoms. The standard InChI is InChI=1S/C17H17ClN2O3/c18-13-5-1-3-7-15(13)23-16-8-4-2-6-14(16)19-17(21)20-9-11-22-12-10-20/h1-8H,9-12H2,(H,19,21). The van der Waals surface area contributed by atoms with Crippen molar-refractivity contribution in [3.05, 3.63) is 53.6 Å². The summed E-state index contributed by atoms with van der Waals surface area (Å²) in [7, 11) is 0. The molecule has 1 fully saturated rings. The number of nitrogens with zero attached hydrogens (tertiary/aromatic N) is 1. The summed E-state index contributed by atoms with van der Waals surface area (Å²) >= 11 is 6.12. The van der Waals surface area contributed by atoms with Gasteiger partial charge in [-0.3, -0.25) is 0 Å². The Labute approximate surface area is 139 Å². The van der Waals surface area contributed by atoms with Crippen molar-refractivity contribution in [3.8, 4) is 11.5 Å². The van der Waals surface area contributed by atoms with Crippen molar-refractivity contribution in [3.63, 3.8) is 0 Å². The summed E-state index contributed by atoms with van der Waals surface area (Å²) < 4.78 is 11.1. The van der Waals surface area contributed by atoms with Gasteiger partial charge in [0.15, 0.2) is 5.75 Å². The molecule has 3 rings (SSSR count). The molecule has 1 saturated heterocycles. The van der Waals surface area contributed by atoms with Crippen LogP contribution in [0.2, 0.25) is 5.02 Å². The number of hydrogen-bond donors (Lipinski definition) is 1. The number of anilines is 1. The van der Waals surface area contributed by atoms with E-state index in [9.17, 15) is 4.79 Å². The summed E-state index contributed by atoms with van der Waals surface area (Å²) in [6.45, 7) is 2.29. The topological polar surface area (TPSA) is 50.8 Å². The first-order valence-corrected chi connectivity index (χ1v) is 7.77. The van der Waals surface area contributed by atoms with Crippen molar-refractivity contribution < 1.29 is 14.3 Å². The number of nitrogens with one attached hydrogen (secondary N) is 1. The molecule has 0 atom stereocenters. The maximum Gasteiger partial charge on any atom is 0.322 e. The van der Waals surface area contributed by atoms with Gasteiger partial charge in [-0.05, 0) is 24.3 Å². The first-order valence-electron chi connectivity index (χ1n) is 7.39. The molecule has 0 saturated carbocycles. The molecule has 0 unspecified atom stereocenters. The van der Waals surface area contributed by atoms with Gasteiger partial charge in [0.25, 0.3) is 0 Å². The highest BCUT2D eigenvalue weighted by Crippen LogP contribution is 2.33. The molecule has 2 aromatic rings. The molecule has 120 valence electrons. The lowest BCUT2D eigenvalue weighted by atomic mass is 10.3. The van der Waals surface area contributed by atoms with E-state index in [4.69, 9.17) is 21.1 Å². The van der Waals surface area contributed by atoms with Crippen LogP contribution in [0.5, 0.6) is 11.5 Å². The maximum absolute atomic E-state index is 12.3. The number of amides is 2. The van der Waals surface area contributed by atoms with Gasteiger partial charge in [-0.25, -0.2) is 4.79 Å². The van der Waals surface area contributed by atoms with Crippen molar-refractivity contribution in [2.75, 3.05) is 31.6 Å². The van der Waals surface area contributed by atoms with E-state index in [1.165, 1.54) is 0 Å². The third-order valence-corrected chi connectivity index (χ3v) is 3.80. The van der Waals surface area contributed by atoms with Crippen LogP contribution < -0.4 is 10.1 Å². The van der Waals surface area contributed by atoms with E-state index in [1.54, 1.807) is 29.2 Å². The second-order valence-electron chi connectivity index (χ2n) is 5.06. The van der Waals surface area contributed by atoms with Crippen molar-refractivity contribution in [1.29, 1.82) is 0 Å². The van der Waals surface area contributed by atoms with Crippen molar-refractivity contribution in [2.24, 2.45) is 0 Å². The Balaban J connectivity index is 1.75. The monoisotopic (exact) mass is 332 g/mol. The van der Waals surface area contributed by atoms with Gasteiger partial charge in [0, 0.05) is 13.1 Å². The number of morpholine rings is 1. The van der Waals surface area contributed by atoms with Gasteiger partial charge in [0.1, 0.15) is 5.75 Å². The zero-order valence-electron chi connectivity index (χ0n) is 12.5. The molecule has 1 heterocycles. The van der Waals surface area contributed by atoms with Crippen LogP contribution in [0.25, 0.3) is 0 Å². The number of rotatable bonds is 3. The Morgan fingerprint density at radius 3 is 2.43 bits per heavy atom. The Kier molecular flexibility index (Phi) is 5.00. The van der Waals surface area contributed by atoms with E-state index in [2.05, 4.69) is 5.32 Å². The summed E-state index contributed by atoms with van der Waals surface area (Å²) in [5, 5.41) is 3.40. The fraction of sp³-hybridized carbons (Fsp3) is 0.235. The van der Waals surface area contributed by atoms with Crippen molar-refractivity contribution >= 4 is 23.3 Å². The average Bonchev–Trinajstić information content (AvgIpc) is 2.59. The van der Waals surface area contributed by atoms with Crippen LogP contribution in [-0.4, -0.2) is 37.2 Å². The van der Waals surface area contributed by atoms with E-state index < -0.39 is 0 Å². The minimum absolute atomic E-state index is 0.163. The first kappa shape index (κ1) is 15.6. The number of urea groups is 1. The van der Waals surface area contributed by atoms with Crippen LogP contribution in [0.4, 0.5) is 10.5 Å². The smallest absolute Gasteiger partial charge is 0.322 e. The fourth-order valence-corrected chi connectivity index (χ4v) is 2.44. The lowest BCUT2D eigenvalue weighted by Crippen LogP contribution is -2.43. The summed E-state index contributed by atoms with van der Waals surface area (Å²) in [6.07, 6.45) is 0. The molecule has 1 aliphatic rings. The molecule has 2 amide bonds. The summed E-state index contributed by atoms with van der Waals surface area (Å²) in [6, 6.07) is 14.3. The van der Waals surface area contributed by atoms with Crippen LogP contribution in [0.3, 0.4) is 0 Å². The molecule has 0 spiro atoms. The molecule has 6 heteroatoms. The SMILES string of the molecule is O=C(Nc1ccccc1Oc1ccccc1Cl)N1CCOCC1. The number of para-hydroxylation sites is 3. The lowest BCUT2D eigenvalue weighted by Gasteiger charge is -2.27. The molecular formula is C17H17ClN2O3. The zero-order chi connectivity index (χ0) is 16.1. The van der Waals surface area contributed by atoms with Gasteiger partial charge in [0.05, 0.1) is 23.9 Å². The fourth-order valence-electron chi connectivity index (χ4n) is 2.27. The highest BCUT2D eigenvalue weighted by Gasteiger charge is 2.18. The Bertz CT molecular complexity index is 687. The zero-order valence-corrected chi connectivity index (χ0v) is 13.3. The Hall–Kier alpha value is -2.24. The molecule has 5 nitrogen and oxygen atoms in total. The molecule has 1 aliphatic heterocycles. The molecule has 23 heavy (non-hydrogen) atoms. The largest absolute Gasteiger partial charge is 0.454 e. The predicted molar refractivity (Wildman–Crippen MR) is 89.4 cm³/mol. The molecule has 1 N–H and O–H groups in total. The summed E-state index contributed by atoms with van der Waals surface area (Å²) in [5.41, 5.74) is 0.601. The van der Waals surface area contributed by atoms with Crippen LogP contribution in [0.15, 0.2) is 48.5 Å². The third kappa shape index (κ3) is 3.94. The minimum atomic E-state index is -0.163. The Morgan fingerprint density at radius 2 is 1.70 bits per heavy atom. The van der Waals surface area contributed by atoms with E-state index in [0.717, 1.165) is 0 Å². The number of ether oxygens (including phenoxy) is 2. The second-order valence-corrected chi connectivity index (χ2v) is 5.47. The number of hydrogen-bond acceptors (Lipinski definition) is 3.